The molecule has 0 saturated heterocycles. The Balaban J connectivity index is 1.12. The molecule has 0 unspecified atom stereocenters. The second-order valence-corrected chi connectivity index (χ2v) is 15.8. The largest absolute Gasteiger partial charge is 0.352 e. The van der Waals surface area contributed by atoms with E-state index in [0.29, 0.717) is 24.2 Å². The van der Waals surface area contributed by atoms with Gasteiger partial charge in [-0.3, -0.25) is 9.59 Å². The molecule has 0 aliphatic rings. The quantitative estimate of drug-likeness (QED) is 0.107. The van der Waals surface area contributed by atoms with Gasteiger partial charge in [0.2, 0.25) is 0 Å². The Morgan fingerprint density at radius 2 is 0.949 bits per heavy atom. The number of aryl methyl sites for hydroxylation is 1. The lowest BCUT2D eigenvalue weighted by molar-refractivity contribution is 0.0944. The molecular weight excluding hydrogens is 741 g/mol. The molecule has 0 bridgehead atoms. The number of benzene rings is 4. The molecule has 0 spiro atoms. The fourth-order valence-electron chi connectivity index (χ4n) is 7.18. The molecule has 3 heterocycles. The molecule has 306 valence electrons. The van der Waals surface area contributed by atoms with Crippen molar-refractivity contribution in [2.24, 2.45) is 0 Å². The molecular formula is C45H54N12O2. The number of aromatic nitrogens is 7. The number of hydrogen-bond acceptors (Lipinski definition) is 9. The van der Waals surface area contributed by atoms with Crippen molar-refractivity contribution in [2.45, 2.75) is 25.8 Å². The van der Waals surface area contributed by atoms with Crippen LogP contribution in [0.1, 0.15) is 40.0 Å². The zero-order valence-electron chi connectivity index (χ0n) is 34.9. The number of carbonyl (C=O) groups is 2. The zero-order chi connectivity index (χ0) is 41.5. The third-order valence-electron chi connectivity index (χ3n) is 10.4. The fourth-order valence-corrected chi connectivity index (χ4v) is 7.18. The number of carbonyl (C=O) groups excluding carboxylic acids is 2. The van der Waals surface area contributed by atoms with E-state index in [4.69, 9.17) is 0 Å². The van der Waals surface area contributed by atoms with Gasteiger partial charge in [-0.15, -0.1) is 10.2 Å². The van der Waals surface area contributed by atoms with E-state index in [-0.39, 0.29) is 11.8 Å². The second-order valence-electron chi connectivity index (χ2n) is 15.8. The fraction of sp³-hybridized carbons (Fsp3) is 0.333. The summed E-state index contributed by atoms with van der Waals surface area (Å²) in [7, 11) is 12.3. The summed E-state index contributed by atoms with van der Waals surface area (Å²) in [6, 6.07) is 27.8. The van der Waals surface area contributed by atoms with E-state index in [1.807, 2.05) is 89.1 Å². The lowest BCUT2D eigenvalue weighted by Crippen LogP contribution is -2.27. The molecule has 14 heteroatoms. The van der Waals surface area contributed by atoms with Crippen molar-refractivity contribution >= 4 is 33.6 Å². The highest BCUT2D eigenvalue weighted by atomic mass is 16.2. The first-order valence-corrected chi connectivity index (χ1v) is 20.2. The molecule has 0 radical (unpaired) electrons. The van der Waals surface area contributed by atoms with Crippen molar-refractivity contribution in [3.63, 3.8) is 0 Å². The normalized spacial score (nSPS) is 11.7. The number of amides is 2. The number of rotatable bonds is 18. The molecule has 0 aliphatic carbocycles. The van der Waals surface area contributed by atoms with E-state index in [2.05, 4.69) is 101 Å². The monoisotopic (exact) mass is 794 g/mol. The Morgan fingerprint density at radius 1 is 0.542 bits per heavy atom. The minimum Gasteiger partial charge on any atom is -0.352 e. The van der Waals surface area contributed by atoms with Crippen molar-refractivity contribution in [3.8, 4) is 33.9 Å². The summed E-state index contributed by atoms with van der Waals surface area (Å²) >= 11 is 0. The summed E-state index contributed by atoms with van der Waals surface area (Å²) in [5.74, 6) is -0.175. The van der Waals surface area contributed by atoms with E-state index in [0.717, 1.165) is 101 Å². The molecule has 7 rings (SSSR count). The van der Waals surface area contributed by atoms with Crippen molar-refractivity contribution < 1.29 is 9.59 Å². The minimum atomic E-state index is -0.0876. The van der Waals surface area contributed by atoms with Crippen LogP contribution in [0.25, 0.3) is 55.7 Å². The van der Waals surface area contributed by atoms with Crippen LogP contribution in [0.4, 0.5) is 0 Å². The summed E-state index contributed by atoms with van der Waals surface area (Å²) < 4.78 is 5.87. The highest BCUT2D eigenvalue weighted by Crippen LogP contribution is 2.35. The van der Waals surface area contributed by atoms with Crippen LogP contribution in [0.15, 0.2) is 97.3 Å². The highest BCUT2D eigenvalue weighted by molar-refractivity contribution is 6.10. The van der Waals surface area contributed by atoms with Gasteiger partial charge in [-0.25, -0.2) is 9.36 Å². The Morgan fingerprint density at radius 3 is 1.36 bits per heavy atom. The van der Waals surface area contributed by atoms with Crippen LogP contribution in [0.3, 0.4) is 0 Å². The van der Waals surface area contributed by atoms with Crippen molar-refractivity contribution in [1.82, 2.24) is 59.9 Å². The van der Waals surface area contributed by atoms with Gasteiger partial charge in [0.05, 0.1) is 23.8 Å². The number of nitrogens with zero attached hydrogens (tertiary/aromatic N) is 10. The first-order valence-electron chi connectivity index (χ1n) is 20.2. The summed E-state index contributed by atoms with van der Waals surface area (Å²) in [4.78, 5) is 31.8. The standard InChI is InChI=1S/C45H54N12O2/c1-52(2)24-7-22-46-44(58)32-10-16-36(17-11-32)56-30-40(48-50-56)34-14-20-42-38(28-34)39-29-35(15-21-43(39)55(42)27-9-26-54(5)6)41-31-57(51-49-41)37-18-12-33(13-19-37)45(59)47-23-8-25-53(3)4/h10-21,28-31H,7-9,22-27H2,1-6H3,(H,46,58)(H,47,59). The van der Waals surface area contributed by atoms with Gasteiger partial charge in [0.25, 0.3) is 11.8 Å². The molecule has 14 nitrogen and oxygen atoms in total. The summed E-state index contributed by atoms with van der Waals surface area (Å²) in [6.07, 6.45) is 6.63. The molecule has 0 aliphatic heterocycles. The molecule has 3 aromatic heterocycles. The Kier molecular flexibility index (Phi) is 12.9. The first kappa shape index (κ1) is 41.0. The Hall–Kier alpha value is -6.22. The third-order valence-corrected chi connectivity index (χ3v) is 10.4. The van der Waals surface area contributed by atoms with Gasteiger partial charge >= 0.3 is 0 Å². The van der Waals surface area contributed by atoms with Gasteiger partial charge in [-0.2, -0.15) is 0 Å². The number of nitrogens with one attached hydrogen (secondary N) is 2. The summed E-state index contributed by atoms with van der Waals surface area (Å²) in [5.41, 5.74) is 8.53. The molecule has 2 N–H and O–H groups in total. The van der Waals surface area contributed by atoms with Crippen LogP contribution < -0.4 is 10.6 Å². The predicted octanol–water partition coefficient (Wildman–Crippen LogP) is 5.60. The van der Waals surface area contributed by atoms with E-state index in [1.165, 1.54) is 0 Å². The van der Waals surface area contributed by atoms with Gasteiger partial charge in [0.15, 0.2) is 0 Å². The predicted molar refractivity (Wildman–Crippen MR) is 234 cm³/mol. The van der Waals surface area contributed by atoms with Crippen molar-refractivity contribution in [2.75, 3.05) is 75.0 Å². The summed E-state index contributed by atoms with van der Waals surface area (Å²) in [5, 5.41) is 26.2. The van der Waals surface area contributed by atoms with Crippen LogP contribution in [0, 0.1) is 0 Å². The lowest BCUT2D eigenvalue weighted by Gasteiger charge is -2.11. The van der Waals surface area contributed by atoms with Crippen LogP contribution in [-0.4, -0.2) is 136 Å². The SMILES string of the molecule is CN(C)CCCNC(=O)c1ccc(-n2cc(-c3ccc4c(c3)c3cc(-c5cn(-c6ccc(C(=O)NCCCN(C)C)cc6)nn5)ccc3n4CCCN(C)C)nn2)cc1. The lowest BCUT2D eigenvalue weighted by atomic mass is 10.0. The third kappa shape index (κ3) is 9.91. The minimum absolute atomic E-state index is 0.0876. The van der Waals surface area contributed by atoms with Crippen LogP contribution in [-0.2, 0) is 6.54 Å². The van der Waals surface area contributed by atoms with Gasteiger partial charge in [-0.1, -0.05) is 22.6 Å². The van der Waals surface area contributed by atoms with Crippen LogP contribution in [0.2, 0.25) is 0 Å². The maximum atomic E-state index is 12.7. The van der Waals surface area contributed by atoms with E-state index < -0.39 is 0 Å². The van der Waals surface area contributed by atoms with Gasteiger partial charge in [-0.05, 0) is 154 Å². The molecule has 4 aromatic carbocycles. The average molecular weight is 795 g/mol. The second kappa shape index (κ2) is 18.6. The molecule has 0 fully saturated rings. The van der Waals surface area contributed by atoms with E-state index >= 15 is 0 Å². The molecule has 0 saturated carbocycles. The zero-order valence-corrected chi connectivity index (χ0v) is 34.9. The first-order chi connectivity index (χ1) is 28.5. The highest BCUT2D eigenvalue weighted by Gasteiger charge is 2.17. The topological polar surface area (TPSA) is 134 Å². The number of hydrogen-bond donors (Lipinski definition) is 2. The van der Waals surface area contributed by atoms with Gasteiger partial charge in [0, 0.05) is 63.7 Å². The smallest absolute Gasteiger partial charge is 0.251 e. The van der Waals surface area contributed by atoms with Crippen molar-refractivity contribution in [1.29, 1.82) is 0 Å². The van der Waals surface area contributed by atoms with Crippen LogP contribution in [0.5, 0.6) is 0 Å². The molecule has 2 amide bonds. The Labute approximate surface area is 345 Å². The summed E-state index contributed by atoms with van der Waals surface area (Å²) in [6.45, 7) is 4.95. The van der Waals surface area contributed by atoms with E-state index in [9.17, 15) is 9.59 Å². The number of fused-ring (bicyclic) bond motifs is 3. The van der Waals surface area contributed by atoms with E-state index in [1.54, 1.807) is 9.36 Å². The van der Waals surface area contributed by atoms with Gasteiger partial charge < -0.3 is 29.9 Å². The maximum absolute atomic E-state index is 12.7. The van der Waals surface area contributed by atoms with Crippen LogP contribution >= 0.6 is 0 Å². The molecule has 7 aromatic rings. The average Bonchev–Trinajstić information content (AvgIpc) is 4.00. The van der Waals surface area contributed by atoms with Crippen molar-refractivity contribution in [3.05, 3.63) is 108 Å². The Bertz CT molecular complexity index is 2350. The molecule has 0 atom stereocenters. The molecule has 59 heavy (non-hydrogen) atoms. The van der Waals surface area contributed by atoms with Gasteiger partial charge in [0.1, 0.15) is 11.4 Å². The maximum Gasteiger partial charge on any atom is 0.251 e.